The zero-order valence-corrected chi connectivity index (χ0v) is 17.4. The SMILES string of the molecule is CCc1nnc2n1N[C@H](c1ccc(OC)cc1)[C@@H](C(=O)Nc1ccccc1C)S2. The van der Waals surface area contributed by atoms with Gasteiger partial charge in [-0.3, -0.25) is 4.79 Å². The van der Waals surface area contributed by atoms with E-state index in [1.165, 1.54) is 11.8 Å². The Hall–Kier alpha value is -3.00. The number of carbonyl (C=O) groups is 1. The maximum Gasteiger partial charge on any atom is 0.240 e. The molecule has 0 saturated carbocycles. The number of methoxy groups -OCH3 is 1. The number of fused-ring (bicyclic) bond motifs is 1. The molecule has 0 aliphatic carbocycles. The van der Waals surface area contributed by atoms with Gasteiger partial charge in [-0.25, -0.2) is 4.68 Å². The molecule has 1 aromatic heterocycles. The fraction of sp³-hybridized carbons (Fsp3) is 0.286. The van der Waals surface area contributed by atoms with Crippen molar-refractivity contribution in [1.82, 2.24) is 14.9 Å². The van der Waals surface area contributed by atoms with Crippen LogP contribution in [0.5, 0.6) is 5.75 Å². The Morgan fingerprint density at radius 1 is 1.21 bits per heavy atom. The largest absolute Gasteiger partial charge is 0.497 e. The van der Waals surface area contributed by atoms with Crippen LogP contribution in [0.4, 0.5) is 5.69 Å². The molecular weight excluding hydrogens is 386 g/mol. The monoisotopic (exact) mass is 409 g/mol. The molecule has 7 nitrogen and oxygen atoms in total. The molecule has 3 aromatic rings. The summed E-state index contributed by atoms with van der Waals surface area (Å²) in [5, 5.41) is 11.8. The molecule has 0 fully saturated rings. The summed E-state index contributed by atoms with van der Waals surface area (Å²) in [6, 6.07) is 15.3. The highest BCUT2D eigenvalue weighted by Crippen LogP contribution is 2.38. The molecule has 0 unspecified atom stereocenters. The molecule has 0 radical (unpaired) electrons. The van der Waals surface area contributed by atoms with Gasteiger partial charge in [-0.05, 0) is 36.2 Å². The molecule has 2 atom stereocenters. The second-order valence-corrected chi connectivity index (χ2v) is 7.92. The zero-order valence-electron chi connectivity index (χ0n) is 16.5. The summed E-state index contributed by atoms with van der Waals surface area (Å²) in [5.41, 5.74) is 6.27. The van der Waals surface area contributed by atoms with Gasteiger partial charge in [0.05, 0.1) is 13.2 Å². The van der Waals surface area contributed by atoms with Crippen LogP contribution in [0.3, 0.4) is 0 Å². The first-order valence-electron chi connectivity index (χ1n) is 9.48. The standard InChI is InChI=1S/C21H23N5O2S/c1-4-17-23-24-21-26(17)25-18(14-9-11-15(28-3)12-10-14)19(29-21)20(27)22-16-8-6-5-7-13(16)2/h5-12,18-19,25H,4H2,1-3H3,(H,22,27)/t18-,19+/m1/s1. The number of rotatable bonds is 5. The number of amides is 1. The number of benzene rings is 2. The van der Waals surface area contributed by atoms with Gasteiger partial charge in [-0.1, -0.05) is 49.0 Å². The summed E-state index contributed by atoms with van der Waals surface area (Å²) < 4.78 is 7.16. The van der Waals surface area contributed by atoms with Crippen molar-refractivity contribution in [3.63, 3.8) is 0 Å². The van der Waals surface area contributed by atoms with Gasteiger partial charge in [0, 0.05) is 12.1 Å². The van der Waals surface area contributed by atoms with E-state index in [-0.39, 0.29) is 11.9 Å². The summed E-state index contributed by atoms with van der Waals surface area (Å²) in [5.74, 6) is 1.53. The quantitative estimate of drug-likeness (QED) is 0.671. The Bertz CT molecular complexity index is 1020. The van der Waals surface area contributed by atoms with E-state index in [0.29, 0.717) is 5.16 Å². The van der Waals surface area contributed by atoms with E-state index in [4.69, 9.17) is 4.74 Å². The molecule has 2 aromatic carbocycles. The number of hydrogen-bond acceptors (Lipinski definition) is 6. The van der Waals surface area contributed by atoms with Gasteiger partial charge in [0.15, 0.2) is 5.82 Å². The average Bonchev–Trinajstić information content (AvgIpc) is 3.16. The van der Waals surface area contributed by atoms with Gasteiger partial charge in [-0.2, -0.15) is 0 Å². The van der Waals surface area contributed by atoms with Crippen LogP contribution in [0.25, 0.3) is 0 Å². The molecule has 2 N–H and O–H groups in total. The third kappa shape index (κ3) is 3.80. The highest BCUT2D eigenvalue weighted by molar-refractivity contribution is 8.00. The number of aryl methyl sites for hydroxylation is 2. The van der Waals surface area contributed by atoms with Crippen LogP contribution in [0.15, 0.2) is 53.7 Å². The van der Waals surface area contributed by atoms with Crippen LogP contribution in [0.1, 0.15) is 29.9 Å². The Labute approximate surface area is 173 Å². The molecule has 29 heavy (non-hydrogen) atoms. The molecule has 150 valence electrons. The van der Waals surface area contributed by atoms with Crippen molar-refractivity contribution in [1.29, 1.82) is 0 Å². The number of anilines is 1. The third-order valence-corrected chi connectivity index (χ3v) is 6.17. The zero-order chi connectivity index (χ0) is 20.4. The minimum atomic E-state index is -0.413. The molecule has 0 bridgehead atoms. The van der Waals surface area contributed by atoms with Gasteiger partial charge in [-0.15, -0.1) is 10.2 Å². The first kappa shape index (κ1) is 19.3. The first-order chi connectivity index (χ1) is 14.1. The van der Waals surface area contributed by atoms with E-state index in [9.17, 15) is 4.79 Å². The number of carbonyl (C=O) groups excluding carboxylic acids is 1. The molecular formula is C21H23N5O2S. The normalized spacial score (nSPS) is 17.9. The second kappa shape index (κ2) is 8.16. The van der Waals surface area contributed by atoms with E-state index >= 15 is 0 Å². The Morgan fingerprint density at radius 2 is 1.97 bits per heavy atom. The number of ether oxygens (including phenoxy) is 1. The number of nitrogens with zero attached hydrogens (tertiary/aromatic N) is 3. The molecule has 1 aliphatic heterocycles. The lowest BCUT2D eigenvalue weighted by atomic mass is 10.0. The molecule has 1 aliphatic rings. The van der Waals surface area contributed by atoms with Crippen LogP contribution in [-0.2, 0) is 11.2 Å². The number of nitrogens with one attached hydrogen (secondary N) is 2. The van der Waals surface area contributed by atoms with Crippen molar-refractivity contribution >= 4 is 23.4 Å². The smallest absolute Gasteiger partial charge is 0.240 e. The maximum atomic E-state index is 13.3. The fourth-order valence-corrected chi connectivity index (χ4v) is 4.40. The van der Waals surface area contributed by atoms with E-state index in [2.05, 4.69) is 20.9 Å². The summed E-state index contributed by atoms with van der Waals surface area (Å²) >= 11 is 1.42. The predicted octanol–water partition coefficient (Wildman–Crippen LogP) is 3.56. The molecule has 2 heterocycles. The molecule has 0 saturated heterocycles. The van der Waals surface area contributed by atoms with Gasteiger partial charge < -0.3 is 15.5 Å². The van der Waals surface area contributed by atoms with Gasteiger partial charge in [0.2, 0.25) is 11.1 Å². The van der Waals surface area contributed by atoms with Crippen LogP contribution in [0, 0.1) is 6.92 Å². The number of aromatic nitrogens is 3. The number of hydrogen-bond donors (Lipinski definition) is 2. The minimum absolute atomic E-state index is 0.0788. The summed E-state index contributed by atoms with van der Waals surface area (Å²) in [6.45, 7) is 4.01. The van der Waals surface area contributed by atoms with Crippen molar-refractivity contribution < 1.29 is 9.53 Å². The minimum Gasteiger partial charge on any atom is -0.497 e. The Balaban J connectivity index is 1.68. The van der Waals surface area contributed by atoms with Gasteiger partial charge in [0.1, 0.15) is 11.0 Å². The summed E-state index contributed by atoms with van der Waals surface area (Å²) in [7, 11) is 1.64. The van der Waals surface area contributed by atoms with Gasteiger partial charge in [0.25, 0.3) is 0 Å². The van der Waals surface area contributed by atoms with E-state index in [1.807, 2.05) is 67.1 Å². The average molecular weight is 410 g/mol. The first-order valence-corrected chi connectivity index (χ1v) is 10.4. The molecule has 8 heteroatoms. The summed E-state index contributed by atoms with van der Waals surface area (Å²) in [6.07, 6.45) is 0.746. The van der Waals surface area contributed by atoms with Crippen LogP contribution >= 0.6 is 11.8 Å². The highest BCUT2D eigenvalue weighted by atomic mass is 32.2. The Morgan fingerprint density at radius 3 is 2.66 bits per heavy atom. The molecule has 0 spiro atoms. The third-order valence-electron chi connectivity index (χ3n) is 4.96. The lowest BCUT2D eigenvalue weighted by molar-refractivity contribution is -0.116. The Kier molecular flexibility index (Phi) is 5.44. The fourth-order valence-electron chi connectivity index (χ4n) is 3.31. The van der Waals surface area contributed by atoms with E-state index in [1.54, 1.807) is 7.11 Å². The lowest BCUT2D eigenvalue weighted by Crippen LogP contribution is -2.41. The maximum absolute atomic E-state index is 13.3. The van der Waals surface area contributed by atoms with Crippen LogP contribution in [0.2, 0.25) is 0 Å². The topological polar surface area (TPSA) is 81.1 Å². The van der Waals surface area contributed by atoms with Crippen molar-refractivity contribution in [2.75, 3.05) is 17.9 Å². The number of para-hydroxylation sites is 1. The van der Waals surface area contributed by atoms with Crippen molar-refractivity contribution in [3.05, 3.63) is 65.5 Å². The van der Waals surface area contributed by atoms with Crippen molar-refractivity contribution in [3.8, 4) is 5.75 Å². The second-order valence-electron chi connectivity index (χ2n) is 6.81. The van der Waals surface area contributed by atoms with Crippen LogP contribution < -0.4 is 15.5 Å². The molecule has 4 rings (SSSR count). The van der Waals surface area contributed by atoms with Crippen molar-refractivity contribution in [2.24, 2.45) is 0 Å². The van der Waals surface area contributed by atoms with E-state index < -0.39 is 5.25 Å². The van der Waals surface area contributed by atoms with Crippen LogP contribution in [-0.4, -0.2) is 33.1 Å². The number of thioether (sulfide) groups is 1. The predicted molar refractivity (Wildman–Crippen MR) is 114 cm³/mol. The van der Waals surface area contributed by atoms with Gasteiger partial charge >= 0.3 is 0 Å². The molecule has 1 amide bonds. The van der Waals surface area contributed by atoms with Crippen molar-refractivity contribution in [2.45, 2.75) is 36.7 Å². The summed E-state index contributed by atoms with van der Waals surface area (Å²) in [4.78, 5) is 13.3. The van der Waals surface area contributed by atoms with E-state index in [0.717, 1.165) is 34.8 Å². The highest BCUT2D eigenvalue weighted by Gasteiger charge is 2.37. The lowest BCUT2D eigenvalue weighted by Gasteiger charge is -2.33.